The first-order valence-electron chi connectivity index (χ1n) is 21.3. The van der Waals surface area contributed by atoms with Crippen LogP contribution in [0.3, 0.4) is 0 Å². The molecule has 0 radical (unpaired) electrons. The van der Waals surface area contributed by atoms with Gasteiger partial charge in [-0.2, -0.15) is 0 Å². The number of amides is 2. The molecule has 0 saturated heterocycles. The molecule has 0 atom stereocenters. The molecule has 0 unspecified atom stereocenters. The number of para-hydroxylation sites is 2. The number of pyridine rings is 1. The number of nitrogens with two attached hydrogens (primary N) is 2. The number of aryl methyl sites for hydroxylation is 4. The molecule has 0 saturated carbocycles. The van der Waals surface area contributed by atoms with E-state index in [4.69, 9.17) is 21.4 Å². The van der Waals surface area contributed by atoms with Crippen LogP contribution in [0.2, 0.25) is 0 Å². The van der Waals surface area contributed by atoms with Gasteiger partial charge in [-0.15, -0.1) is 9.13 Å². The molecule has 334 valence electrons. The van der Waals surface area contributed by atoms with Crippen molar-refractivity contribution in [3.05, 3.63) is 161 Å². The standard InChI is InChI=1S/C51H47N11O2.2ClH/c1-30-21-42-46(25-37(30)52)61(35-11-7-5-8-12-35)48-27-40(32(3)23-44(48)59-42)54-17-19-56-50(63)34-15-16-39(58-29-34)51(64)57-20-18-55-41-28-49-45(24-33(41)4)60-43-22-31(2)38(53)26-47(43)62(49)36-13-9-6-10-14-36;;/h5-16,21-29H,17-20H2,1-4H3,(H6,52,53,54,55,56,57,63,64);2*1H. The maximum atomic E-state index is 13.1. The van der Waals surface area contributed by atoms with Gasteiger partial charge in [0.15, 0.2) is 0 Å². The molecule has 9 rings (SSSR count). The molecule has 66 heavy (non-hydrogen) atoms. The highest BCUT2D eigenvalue weighted by Gasteiger charge is 2.24. The normalized spacial score (nSPS) is 11.0. The number of fused-ring (bicyclic) bond motifs is 4. The average Bonchev–Trinajstić information content (AvgIpc) is 3.29. The van der Waals surface area contributed by atoms with Crippen LogP contribution in [0.5, 0.6) is 0 Å². The third kappa shape index (κ3) is 9.30. The summed E-state index contributed by atoms with van der Waals surface area (Å²) in [6, 6.07) is 39.8. The molecule has 0 aliphatic rings. The van der Waals surface area contributed by atoms with E-state index in [1.54, 1.807) is 12.1 Å². The fourth-order valence-electron chi connectivity index (χ4n) is 8.04. The molecule has 15 heteroatoms. The number of benzene rings is 6. The lowest BCUT2D eigenvalue weighted by Crippen LogP contribution is -3.00. The molecule has 8 N–H and O–H groups in total. The predicted octanol–water partition coefficient (Wildman–Crippen LogP) is 1.13. The highest BCUT2D eigenvalue weighted by molar-refractivity contribution is 5.96. The molecular formula is C51H49Cl2N11O2. The number of carbonyl (C=O) groups excluding carboxylic acids is 2. The SMILES string of the molecule is Cc1cc2nc3cc(C)c(NCCNC(=O)c4ccc(C(=O)NCCNc5cc6c(cc5C)nc5cc(C)c(N)cc5[n+]6-c5ccccc5)nc4)cc3[n+](-c3ccccc3)c2cc1N.[Cl-].[Cl-]. The smallest absolute Gasteiger partial charge is 0.269 e. The van der Waals surface area contributed by atoms with Gasteiger partial charge >= 0.3 is 0 Å². The fourth-order valence-corrected chi connectivity index (χ4v) is 8.04. The van der Waals surface area contributed by atoms with Crippen molar-refractivity contribution in [2.45, 2.75) is 27.7 Å². The minimum absolute atomic E-state index is 0. The van der Waals surface area contributed by atoms with Gasteiger partial charge in [-0.25, -0.2) is 9.97 Å². The molecule has 2 amide bonds. The van der Waals surface area contributed by atoms with Gasteiger partial charge in [-0.05, 0) is 86.3 Å². The van der Waals surface area contributed by atoms with E-state index in [1.807, 2.05) is 88.4 Å². The van der Waals surface area contributed by atoms with E-state index in [-0.39, 0.29) is 42.3 Å². The number of halogens is 2. The number of aromatic nitrogens is 5. The van der Waals surface area contributed by atoms with Crippen molar-refractivity contribution >= 4 is 78.7 Å². The number of rotatable bonds is 12. The van der Waals surface area contributed by atoms with Crippen LogP contribution in [-0.4, -0.2) is 52.9 Å². The lowest BCUT2D eigenvalue weighted by molar-refractivity contribution is -0.538. The van der Waals surface area contributed by atoms with Crippen LogP contribution in [0.1, 0.15) is 43.1 Å². The third-order valence-electron chi connectivity index (χ3n) is 11.6. The molecule has 3 heterocycles. The number of hydrogen-bond donors (Lipinski definition) is 6. The summed E-state index contributed by atoms with van der Waals surface area (Å²) in [5.41, 5.74) is 29.7. The van der Waals surface area contributed by atoms with E-state index in [0.29, 0.717) is 43.1 Å². The predicted molar refractivity (Wildman–Crippen MR) is 255 cm³/mol. The summed E-state index contributed by atoms with van der Waals surface area (Å²) in [7, 11) is 0. The largest absolute Gasteiger partial charge is 1.00 e. The second-order valence-electron chi connectivity index (χ2n) is 16.1. The van der Waals surface area contributed by atoms with Crippen LogP contribution < -0.4 is 66.7 Å². The summed E-state index contributed by atoms with van der Waals surface area (Å²) >= 11 is 0. The molecule has 13 nitrogen and oxygen atoms in total. The molecule has 0 bridgehead atoms. The quantitative estimate of drug-likeness (QED) is 0.0454. The number of nitrogen functional groups attached to an aromatic ring is 2. The van der Waals surface area contributed by atoms with E-state index < -0.39 is 0 Å². The average molecular weight is 919 g/mol. The topological polar surface area (TPSA) is 181 Å². The number of hydrogen-bond acceptors (Lipinski definition) is 9. The number of carbonyl (C=O) groups is 2. The summed E-state index contributed by atoms with van der Waals surface area (Å²) in [6.07, 6.45) is 1.42. The highest BCUT2D eigenvalue weighted by Crippen LogP contribution is 2.28. The summed E-state index contributed by atoms with van der Waals surface area (Å²) in [5.74, 6) is -0.618. The first-order chi connectivity index (χ1) is 31.0. The molecule has 0 spiro atoms. The van der Waals surface area contributed by atoms with Gasteiger partial charge in [-0.1, -0.05) is 36.4 Å². The third-order valence-corrected chi connectivity index (χ3v) is 11.6. The monoisotopic (exact) mass is 917 g/mol. The second-order valence-corrected chi connectivity index (χ2v) is 16.1. The Bertz CT molecular complexity index is 3060. The van der Waals surface area contributed by atoms with E-state index >= 15 is 0 Å². The summed E-state index contributed by atoms with van der Waals surface area (Å²) in [5, 5.41) is 12.9. The molecular weight excluding hydrogens is 870 g/mol. The summed E-state index contributed by atoms with van der Waals surface area (Å²) in [4.78, 5) is 40.4. The first kappa shape index (κ1) is 46.4. The number of nitrogens with zero attached hydrogens (tertiary/aromatic N) is 5. The molecule has 9 aromatic rings. The van der Waals surface area contributed by atoms with Crippen molar-refractivity contribution in [2.24, 2.45) is 0 Å². The van der Waals surface area contributed by atoms with Crippen molar-refractivity contribution in [1.82, 2.24) is 25.6 Å². The van der Waals surface area contributed by atoms with Gasteiger partial charge < -0.3 is 57.5 Å². The summed E-state index contributed by atoms with van der Waals surface area (Å²) < 4.78 is 4.36. The second kappa shape index (κ2) is 19.6. The van der Waals surface area contributed by atoms with Crippen LogP contribution in [0, 0.1) is 27.7 Å². The van der Waals surface area contributed by atoms with Crippen molar-refractivity contribution in [3.8, 4) is 11.4 Å². The maximum absolute atomic E-state index is 13.1. The molecule has 0 aliphatic carbocycles. The molecule has 6 aromatic carbocycles. The van der Waals surface area contributed by atoms with E-state index in [2.05, 4.69) is 83.9 Å². The molecule has 3 aromatic heterocycles. The van der Waals surface area contributed by atoms with Crippen LogP contribution in [0.4, 0.5) is 22.7 Å². The van der Waals surface area contributed by atoms with E-state index in [1.165, 1.54) is 6.20 Å². The highest BCUT2D eigenvalue weighted by atomic mass is 35.5. The van der Waals surface area contributed by atoms with Gasteiger partial charge in [0, 0.05) is 104 Å². The van der Waals surface area contributed by atoms with Crippen LogP contribution >= 0.6 is 0 Å². The zero-order valence-corrected chi connectivity index (χ0v) is 38.4. The first-order valence-corrected chi connectivity index (χ1v) is 21.3. The molecule has 0 fully saturated rings. The van der Waals surface area contributed by atoms with Crippen molar-refractivity contribution in [1.29, 1.82) is 0 Å². The zero-order valence-electron chi connectivity index (χ0n) is 36.9. The van der Waals surface area contributed by atoms with E-state index in [0.717, 1.165) is 89.1 Å². The van der Waals surface area contributed by atoms with Gasteiger partial charge in [0.1, 0.15) is 27.8 Å². The van der Waals surface area contributed by atoms with Crippen molar-refractivity contribution in [3.63, 3.8) is 0 Å². The van der Waals surface area contributed by atoms with Crippen molar-refractivity contribution < 1.29 is 43.5 Å². The Balaban J connectivity index is 0.00000324. The Hall–Kier alpha value is -7.61. The van der Waals surface area contributed by atoms with E-state index in [9.17, 15) is 9.59 Å². The van der Waals surface area contributed by atoms with Gasteiger partial charge in [0.25, 0.3) is 11.8 Å². The lowest BCUT2D eigenvalue weighted by Gasteiger charge is -2.13. The van der Waals surface area contributed by atoms with Gasteiger partial charge in [0.05, 0.1) is 5.56 Å². The lowest BCUT2D eigenvalue weighted by atomic mass is 10.1. The Morgan fingerprint density at radius 3 is 1.33 bits per heavy atom. The van der Waals surface area contributed by atoms with Crippen LogP contribution in [0.25, 0.3) is 55.5 Å². The fraction of sp³-hybridized carbons (Fsp3) is 0.157. The number of anilines is 4. The van der Waals surface area contributed by atoms with Crippen LogP contribution in [0.15, 0.2) is 128 Å². The van der Waals surface area contributed by atoms with Gasteiger partial charge in [-0.3, -0.25) is 14.6 Å². The Morgan fingerprint density at radius 2 is 0.909 bits per heavy atom. The Morgan fingerprint density at radius 1 is 0.500 bits per heavy atom. The minimum Gasteiger partial charge on any atom is -1.00 e. The Labute approximate surface area is 394 Å². The number of nitrogens with one attached hydrogen (secondary N) is 4. The van der Waals surface area contributed by atoms with Crippen LogP contribution in [-0.2, 0) is 0 Å². The Kier molecular flexibility index (Phi) is 13.8. The molecule has 0 aliphatic heterocycles. The summed E-state index contributed by atoms with van der Waals surface area (Å²) in [6.45, 7) is 9.71. The van der Waals surface area contributed by atoms with Gasteiger partial charge in [0.2, 0.25) is 33.4 Å². The van der Waals surface area contributed by atoms with Crippen molar-refractivity contribution in [2.75, 3.05) is 48.3 Å². The maximum Gasteiger partial charge on any atom is 0.269 e. The minimum atomic E-state index is -0.334. The zero-order chi connectivity index (χ0) is 44.5.